The molecule has 0 aromatic carbocycles. The molecule has 0 spiro atoms. The summed E-state index contributed by atoms with van der Waals surface area (Å²) in [7, 11) is 0. The molecule has 0 aromatic heterocycles. The highest BCUT2D eigenvalue weighted by atomic mass is 15.4. The second-order valence-corrected chi connectivity index (χ2v) is 2.69. The van der Waals surface area contributed by atoms with Gasteiger partial charge in [0.1, 0.15) is 0 Å². The summed E-state index contributed by atoms with van der Waals surface area (Å²) in [6.07, 6.45) is 6.18. The second kappa shape index (κ2) is 2.12. The molecule has 49 valence electrons. The van der Waals surface area contributed by atoms with E-state index in [1.165, 1.54) is 24.8 Å². The number of rotatable bonds is 0. The number of hydrogen-bond donors (Lipinski definition) is 1. The molecule has 1 heterocycles. The lowest BCUT2D eigenvalue weighted by molar-refractivity contribution is 0.510. The van der Waals surface area contributed by atoms with Crippen LogP contribution in [0.1, 0.15) is 19.3 Å². The lowest BCUT2D eigenvalue weighted by atomic mass is 9.96. The number of nitrogens with zero attached hydrogens (tertiary/aromatic N) is 1. The molecule has 9 heavy (non-hydrogen) atoms. The fourth-order valence-corrected chi connectivity index (χ4v) is 1.50. The Hall–Kier alpha value is -0.340. The van der Waals surface area contributed by atoms with Crippen LogP contribution in [0.4, 0.5) is 0 Å². The minimum Gasteiger partial charge on any atom is -0.235 e. The quantitative estimate of drug-likeness (QED) is 0.469. The lowest BCUT2D eigenvalue weighted by Gasteiger charge is -2.13. The van der Waals surface area contributed by atoms with Gasteiger partial charge in [-0.15, -0.1) is 0 Å². The molecule has 1 saturated heterocycles. The normalized spacial score (nSPS) is 33.8. The third kappa shape index (κ3) is 0.884. The van der Waals surface area contributed by atoms with Gasteiger partial charge in [0.05, 0.1) is 6.04 Å². The van der Waals surface area contributed by atoms with Crippen LogP contribution < -0.4 is 10.9 Å². The van der Waals surface area contributed by atoms with Crippen molar-refractivity contribution < 1.29 is 0 Å². The van der Waals surface area contributed by atoms with E-state index in [4.69, 9.17) is 0 Å². The van der Waals surface area contributed by atoms with E-state index in [1.807, 2.05) is 0 Å². The molecule has 0 amide bonds. The first-order chi connectivity index (χ1) is 4.47. The van der Waals surface area contributed by atoms with E-state index in [1.54, 1.807) is 0 Å². The second-order valence-electron chi connectivity index (χ2n) is 2.69. The van der Waals surface area contributed by atoms with Gasteiger partial charge < -0.3 is 0 Å². The molecular weight excluding hydrogens is 112 g/mol. The monoisotopic (exact) mass is 123 g/mol. The number of nitrogens with one attached hydrogen (secondary N) is 1. The average Bonchev–Trinajstić information content (AvgIpc) is 2.33. The maximum absolute atomic E-state index is 4.24. The molecule has 2 rings (SSSR count). The first-order valence-electron chi connectivity index (χ1n) is 3.58. The van der Waals surface area contributed by atoms with Crippen molar-refractivity contribution in [3.8, 4) is 0 Å². The van der Waals surface area contributed by atoms with Crippen LogP contribution in [0.3, 0.4) is 0 Å². The summed E-state index contributed by atoms with van der Waals surface area (Å²) < 4.78 is 0. The Morgan fingerprint density at radius 3 is 3.56 bits per heavy atom. The molecule has 1 aliphatic heterocycles. The van der Waals surface area contributed by atoms with Crippen molar-refractivity contribution in [1.29, 1.82) is 0 Å². The van der Waals surface area contributed by atoms with Gasteiger partial charge in [-0.1, -0.05) is 6.08 Å². The zero-order valence-corrected chi connectivity index (χ0v) is 5.43. The topological polar surface area (TPSA) is 26.1 Å². The van der Waals surface area contributed by atoms with Crippen LogP contribution in [-0.4, -0.2) is 12.6 Å². The van der Waals surface area contributed by atoms with E-state index in [0.717, 1.165) is 6.54 Å². The third-order valence-corrected chi connectivity index (χ3v) is 2.05. The van der Waals surface area contributed by atoms with Crippen LogP contribution in [0.25, 0.3) is 0 Å². The number of allylic oxidation sites excluding steroid dienone is 1. The third-order valence-electron chi connectivity index (χ3n) is 2.05. The van der Waals surface area contributed by atoms with E-state index < -0.39 is 0 Å². The molecule has 1 fully saturated rings. The van der Waals surface area contributed by atoms with Crippen molar-refractivity contribution >= 4 is 0 Å². The van der Waals surface area contributed by atoms with Gasteiger partial charge in [0.2, 0.25) is 0 Å². The minimum atomic E-state index is 0.541. The Bertz CT molecular complexity index is 140. The van der Waals surface area contributed by atoms with Crippen molar-refractivity contribution in [3.05, 3.63) is 11.6 Å². The fourth-order valence-electron chi connectivity index (χ4n) is 1.50. The van der Waals surface area contributed by atoms with E-state index in [2.05, 4.69) is 16.9 Å². The van der Waals surface area contributed by atoms with Gasteiger partial charge in [-0.05, 0) is 24.8 Å². The first-order valence-corrected chi connectivity index (χ1v) is 3.58. The molecule has 1 aliphatic carbocycles. The summed E-state index contributed by atoms with van der Waals surface area (Å²) in [5.74, 6) is 0. The highest BCUT2D eigenvalue weighted by molar-refractivity contribution is 5.18. The summed E-state index contributed by atoms with van der Waals surface area (Å²) in [5.41, 5.74) is 8.78. The van der Waals surface area contributed by atoms with Crippen molar-refractivity contribution in [2.45, 2.75) is 25.3 Å². The molecule has 1 N–H and O–H groups in total. The highest BCUT2D eigenvalue weighted by Gasteiger charge is 2.22. The summed E-state index contributed by atoms with van der Waals surface area (Å²) in [5, 5.41) is 0. The number of hydrogen-bond acceptors (Lipinski definition) is 1. The van der Waals surface area contributed by atoms with Gasteiger partial charge in [-0.25, -0.2) is 5.43 Å². The van der Waals surface area contributed by atoms with E-state index >= 15 is 0 Å². The Morgan fingerprint density at radius 2 is 2.67 bits per heavy atom. The molecule has 1 atom stereocenters. The Balaban J connectivity index is 2.16. The molecule has 0 saturated carbocycles. The Morgan fingerprint density at radius 1 is 1.67 bits per heavy atom. The van der Waals surface area contributed by atoms with Gasteiger partial charge in [0, 0.05) is 6.54 Å². The maximum Gasteiger partial charge on any atom is 0.0638 e. The smallest absolute Gasteiger partial charge is 0.0638 e. The van der Waals surface area contributed by atoms with Crippen molar-refractivity contribution in [2.75, 3.05) is 6.54 Å². The molecule has 1 radical (unpaired) electrons. The molecule has 0 aromatic rings. The predicted molar refractivity (Wildman–Crippen MR) is 35.9 cm³/mol. The van der Waals surface area contributed by atoms with Crippen LogP contribution in [0.2, 0.25) is 0 Å². The summed E-state index contributed by atoms with van der Waals surface area (Å²) >= 11 is 0. The lowest BCUT2D eigenvalue weighted by Crippen LogP contribution is -2.22. The molecule has 2 heteroatoms. The fraction of sp³-hybridized carbons (Fsp3) is 0.714. The highest BCUT2D eigenvalue weighted by Crippen LogP contribution is 2.20. The predicted octanol–water partition coefficient (Wildman–Crippen LogP) is 0.588. The summed E-state index contributed by atoms with van der Waals surface area (Å²) in [6, 6.07) is 0.541. The largest absolute Gasteiger partial charge is 0.235 e. The average molecular weight is 123 g/mol. The first kappa shape index (κ1) is 5.45. The van der Waals surface area contributed by atoms with Crippen LogP contribution in [-0.2, 0) is 0 Å². The zero-order chi connectivity index (χ0) is 6.10. The van der Waals surface area contributed by atoms with Gasteiger partial charge >= 0.3 is 0 Å². The van der Waals surface area contributed by atoms with Gasteiger partial charge in [-0.2, -0.15) is 5.43 Å². The van der Waals surface area contributed by atoms with Gasteiger partial charge in [0.15, 0.2) is 0 Å². The van der Waals surface area contributed by atoms with Crippen LogP contribution >= 0.6 is 0 Å². The van der Waals surface area contributed by atoms with E-state index in [9.17, 15) is 0 Å². The zero-order valence-electron chi connectivity index (χ0n) is 5.43. The van der Waals surface area contributed by atoms with E-state index in [0.29, 0.717) is 6.04 Å². The van der Waals surface area contributed by atoms with Crippen molar-refractivity contribution in [2.24, 2.45) is 0 Å². The summed E-state index contributed by atoms with van der Waals surface area (Å²) in [4.78, 5) is 0. The van der Waals surface area contributed by atoms with Crippen LogP contribution in [0.5, 0.6) is 0 Å². The SMILES string of the molecule is C1=C2CN[N]C2CCC1. The molecule has 2 nitrogen and oxygen atoms in total. The summed E-state index contributed by atoms with van der Waals surface area (Å²) in [6.45, 7) is 1.00. The Kier molecular flexibility index (Phi) is 1.28. The molecule has 0 bridgehead atoms. The molecule has 1 unspecified atom stereocenters. The number of fused-ring (bicyclic) bond motifs is 1. The maximum atomic E-state index is 4.24. The molecular formula is C7H11N2. The minimum absolute atomic E-state index is 0.541. The van der Waals surface area contributed by atoms with Gasteiger partial charge in [0.25, 0.3) is 0 Å². The van der Waals surface area contributed by atoms with E-state index in [-0.39, 0.29) is 0 Å². The van der Waals surface area contributed by atoms with Crippen LogP contribution in [0.15, 0.2) is 11.6 Å². The Labute approximate surface area is 55.3 Å². The van der Waals surface area contributed by atoms with Crippen LogP contribution in [0, 0.1) is 0 Å². The standard InChI is InChI=1S/C7H11N2/c1-2-4-7-6(3-1)5-8-9-7/h3,7-8H,1-2,4-5H2. The van der Waals surface area contributed by atoms with Crippen molar-refractivity contribution in [3.63, 3.8) is 0 Å². The van der Waals surface area contributed by atoms with Gasteiger partial charge in [-0.3, -0.25) is 0 Å². The van der Waals surface area contributed by atoms with Crippen molar-refractivity contribution in [1.82, 2.24) is 10.9 Å². The molecule has 2 aliphatic rings.